The average molecular weight is 266 g/mol. The van der Waals surface area contributed by atoms with E-state index in [0.717, 1.165) is 50.8 Å². The SMILES string of the molecule is CCCNc1cncc(NCCCOCC(C)C)n1. The van der Waals surface area contributed by atoms with Gasteiger partial charge in [0.2, 0.25) is 0 Å². The largest absolute Gasteiger partial charge is 0.381 e. The van der Waals surface area contributed by atoms with Crippen molar-refractivity contribution in [2.75, 3.05) is 36.9 Å². The van der Waals surface area contributed by atoms with Crippen LogP contribution in [0.5, 0.6) is 0 Å². The van der Waals surface area contributed by atoms with Crippen LogP contribution < -0.4 is 10.6 Å². The molecule has 0 atom stereocenters. The van der Waals surface area contributed by atoms with Gasteiger partial charge in [0.1, 0.15) is 11.6 Å². The molecule has 5 heteroatoms. The number of anilines is 2. The third-order valence-corrected chi connectivity index (χ3v) is 2.41. The van der Waals surface area contributed by atoms with Crippen molar-refractivity contribution in [3.8, 4) is 0 Å². The molecule has 0 aliphatic carbocycles. The Morgan fingerprint density at radius 1 is 1.16 bits per heavy atom. The lowest BCUT2D eigenvalue weighted by atomic mass is 10.2. The molecule has 108 valence electrons. The molecule has 0 saturated heterocycles. The molecule has 0 saturated carbocycles. The Hall–Kier alpha value is -1.36. The maximum atomic E-state index is 5.52. The van der Waals surface area contributed by atoms with Gasteiger partial charge in [-0.2, -0.15) is 0 Å². The van der Waals surface area contributed by atoms with Gasteiger partial charge in [-0.3, -0.25) is 4.98 Å². The van der Waals surface area contributed by atoms with Gasteiger partial charge in [0.25, 0.3) is 0 Å². The molecule has 2 N–H and O–H groups in total. The Morgan fingerprint density at radius 2 is 1.84 bits per heavy atom. The van der Waals surface area contributed by atoms with Crippen molar-refractivity contribution in [1.82, 2.24) is 9.97 Å². The van der Waals surface area contributed by atoms with Crippen molar-refractivity contribution >= 4 is 11.6 Å². The van der Waals surface area contributed by atoms with Crippen LogP contribution in [-0.2, 0) is 4.74 Å². The second-order valence-electron chi connectivity index (χ2n) is 4.97. The predicted molar refractivity (Wildman–Crippen MR) is 79.6 cm³/mol. The van der Waals surface area contributed by atoms with E-state index in [1.54, 1.807) is 12.4 Å². The third kappa shape index (κ3) is 7.62. The molecule has 0 aliphatic rings. The van der Waals surface area contributed by atoms with Gasteiger partial charge in [-0.1, -0.05) is 20.8 Å². The Labute approximate surface area is 116 Å². The van der Waals surface area contributed by atoms with Crippen molar-refractivity contribution in [2.45, 2.75) is 33.6 Å². The summed E-state index contributed by atoms with van der Waals surface area (Å²) in [6.07, 6.45) is 5.53. The highest BCUT2D eigenvalue weighted by molar-refractivity contribution is 5.41. The first-order valence-electron chi connectivity index (χ1n) is 7.10. The molecule has 0 unspecified atom stereocenters. The highest BCUT2D eigenvalue weighted by Gasteiger charge is 1.98. The summed E-state index contributed by atoms with van der Waals surface area (Å²) in [5.41, 5.74) is 0. The summed E-state index contributed by atoms with van der Waals surface area (Å²) in [4.78, 5) is 8.59. The molecular formula is C14H26N4O. The minimum absolute atomic E-state index is 0.597. The van der Waals surface area contributed by atoms with Crippen molar-refractivity contribution in [2.24, 2.45) is 5.92 Å². The summed E-state index contributed by atoms with van der Waals surface area (Å²) in [6, 6.07) is 0. The van der Waals surface area contributed by atoms with E-state index < -0.39 is 0 Å². The van der Waals surface area contributed by atoms with Crippen LogP contribution in [0.4, 0.5) is 11.6 Å². The second-order valence-corrected chi connectivity index (χ2v) is 4.97. The molecule has 1 aromatic heterocycles. The highest BCUT2D eigenvalue weighted by atomic mass is 16.5. The zero-order valence-corrected chi connectivity index (χ0v) is 12.3. The highest BCUT2D eigenvalue weighted by Crippen LogP contribution is 2.06. The van der Waals surface area contributed by atoms with Crippen LogP contribution in [0.1, 0.15) is 33.6 Å². The van der Waals surface area contributed by atoms with E-state index in [0.29, 0.717) is 5.92 Å². The Kier molecular flexibility index (Phi) is 7.89. The van der Waals surface area contributed by atoms with Crippen LogP contribution in [0, 0.1) is 5.92 Å². The molecule has 0 aromatic carbocycles. The summed E-state index contributed by atoms with van der Waals surface area (Å²) < 4.78 is 5.52. The number of nitrogens with one attached hydrogen (secondary N) is 2. The van der Waals surface area contributed by atoms with Crippen molar-refractivity contribution < 1.29 is 4.74 Å². The summed E-state index contributed by atoms with van der Waals surface area (Å²) >= 11 is 0. The van der Waals surface area contributed by atoms with Gasteiger partial charge in [-0.15, -0.1) is 0 Å². The molecule has 0 radical (unpaired) electrons. The fourth-order valence-corrected chi connectivity index (χ4v) is 1.50. The summed E-state index contributed by atoms with van der Waals surface area (Å²) in [5, 5.41) is 6.48. The fourth-order valence-electron chi connectivity index (χ4n) is 1.50. The van der Waals surface area contributed by atoms with Gasteiger partial charge in [-0.25, -0.2) is 4.98 Å². The van der Waals surface area contributed by atoms with Gasteiger partial charge < -0.3 is 15.4 Å². The number of nitrogens with zero attached hydrogens (tertiary/aromatic N) is 2. The molecule has 0 bridgehead atoms. The maximum absolute atomic E-state index is 5.52. The number of hydrogen-bond acceptors (Lipinski definition) is 5. The molecule has 1 heterocycles. The first-order chi connectivity index (χ1) is 9.22. The molecule has 0 fully saturated rings. The van der Waals surface area contributed by atoms with Crippen LogP contribution in [0.3, 0.4) is 0 Å². The lowest BCUT2D eigenvalue weighted by Gasteiger charge is -2.09. The summed E-state index contributed by atoms with van der Waals surface area (Å²) in [7, 11) is 0. The first kappa shape index (κ1) is 15.7. The average Bonchev–Trinajstić information content (AvgIpc) is 2.40. The van der Waals surface area contributed by atoms with Crippen LogP contribution >= 0.6 is 0 Å². The zero-order chi connectivity index (χ0) is 13.9. The monoisotopic (exact) mass is 266 g/mol. The quantitative estimate of drug-likeness (QED) is 0.638. The smallest absolute Gasteiger partial charge is 0.146 e. The standard InChI is InChI=1S/C14H26N4O/c1-4-6-16-13-9-15-10-14(18-13)17-7-5-8-19-11-12(2)3/h9-10,12H,4-8,11H2,1-3H3,(H2,16,17,18). The van der Waals surface area contributed by atoms with E-state index in [1.807, 2.05) is 0 Å². The maximum Gasteiger partial charge on any atom is 0.146 e. The molecule has 5 nitrogen and oxygen atoms in total. The lowest BCUT2D eigenvalue weighted by Crippen LogP contribution is -2.10. The van der Waals surface area contributed by atoms with Crippen LogP contribution in [0.25, 0.3) is 0 Å². The number of ether oxygens (including phenoxy) is 1. The van der Waals surface area contributed by atoms with Gasteiger partial charge in [0.15, 0.2) is 0 Å². The second kappa shape index (κ2) is 9.55. The van der Waals surface area contributed by atoms with Crippen LogP contribution in [0.15, 0.2) is 12.4 Å². The topological polar surface area (TPSA) is 59.1 Å². The molecule has 0 spiro atoms. The first-order valence-corrected chi connectivity index (χ1v) is 7.10. The van der Waals surface area contributed by atoms with Crippen molar-refractivity contribution in [1.29, 1.82) is 0 Å². The number of rotatable bonds is 10. The van der Waals surface area contributed by atoms with E-state index in [2.05, 4.69) is 41.4 Å². The van der Waals surface area contributed by atoms with Crippen LogP contribution in [0.2, 0.25) is 0 Å². The molecular weight excluding hydrogens is 240 g/mol. The van der Waals surface area contributed by atoms with Gasteiger partial charge in [-0.05, 0) is 18.8 Å². The minimum atomic E-state index is 0.597. The molecule has 19 heavy (non-hydrogen) atoms. The van der Waals surface area contributed by atoms with E-state index in [1.165, 1.54) is 0 Å². The minimum Gasteiger partial charge on any atom is -0.381 e. The molecule has 1 rings (SSSR count). The molecule has 0 amide bonds. The lowest BCUT2D eigenvalue weighted by molar-refractivity contribution is 0.110. The predicted octanol–water partition coefficient (Wildman–Crippen LogP) is 2.77. The van der Waals surface area contributed by atoms with E-state index in [9.17, 15) is 0 Å². The normalized spacial score (nSPS) is 10.7. The zero-order valence-electron chi connectivity index (χ0n) is 12.3. The number of aromatic nitrogens is 2. The van der Waals surface area contributed by atoms with E-state index in [4.69, 9.17) is 4.74 Å². The van der Waals surface area contributed by atoms with Crippen LogP contribution in [-0.4, -0.2) is 36.3 Å². The van der Waals surface area contributed by atoms with Gasteiger partial charge >= 0.3 is 0 Å². The molecule has 1 aromatic rings. The van der Waals surface area contributed by atoms with E-state index in [-0.39, 0.29) is 0 Å². The summed E-state index contributed by atoms with van der Waals surface area (Å²) in [6.45, 7) is 9.82. The Bertz CT molecular complexity index is 344. The van der Waals surface area contributed by atoms with E-state index >= 15 is 0 Å². The molecule has 0 aliphatic heterocycles. The van der Waals surface area contributed by atoms with Crippen molar-refractivity contribution in [3.05, 3.63) is 12.4 Å². The number of hydrogen-bond donors (Lipinski definition) is 2. The Balaban J connectivity index is 2.18. The summed E-state index contributed by atoms with van der Waals surface area (Å²) in [5.74, 6) is 2.23. The van der Waals surface area contributed by atoms with Gasteiger partial charge in [0, 0.05) is 26.3 Å². The third-order valence-electron chi connectivity index (χ3n) is 2.41. The van der Waals surface area contributed by atoms with Crippen molar-refractivity contribution in [3.63, 3.8) is 0 Å². The Morgan fingerprint density at radius 3 is 2.47 bits per heavy atom. The fraction of sp³-hybridized carbons (Fsp3) is 0.714. The van der Waals surface area contributed by atoms with Gasteiger partial charge in [0.05, 0.1) is 12.4 Å².